The lowest BCUT2D eigenvalue weighted by molar-refractivity contribution is 0.102. The minimum atomic E-state index is 0.0111. The van der Waals surface area contributed by atoms with Gasteiger partial charge in [-0.05, 0) is 54.5 Å². The van der Waals surface area contributed by atoms with E-state index in [0.29, 0.717) is 0 Å². The molecule has 0 fully saturated rings. The molecule has 0 radical (unpaired) electrons. The second kappa shape index (κ2) is 7.71. The van der Waals surface area contributed by atoms with Crippen LogP contribution in [0, 0.1) is 0 Å². The number of carbonyl (C=O) groups excluding carboxylic acids is 1. The number of benzene rings is 2. The van der Waals surface area contributed by atoms with Crippen LogP contribution in [0.5, 0.6) is 0 Å². The van der Waals surface area contributed by atoms with Gasteiger partial charge in [-0.2, -0.15) is 0 Å². The highest BCUT2D eigenvalue weighted by atomic mass is 32.1. The van der Waals surface area contributed by atoms with E-state index in [1.165, 1.54) is 28.8 Å². The molecular weight excluding hydrogens is 338 g/mol. The quantitative estimate of drug-likeness (QED) is 0.565. The first-order valence-corrected chi connectivity index (χ1v) is 9.91. The van der Waals surface area contributed by atoms with Crippen LogP contribution in [-0.4, -0.2) is 5.91 Å². The topological polar surface area (TPSA) is 29.1 Å². The molecule has 0 spiro atoms. The molecule has 130 valence electrons. The smallest absolute Gasteiger partial charge is 0.256 e. The normalized spacial score (nSPS) is 13.5. The number of amides is 1. The second-order valence-electron chi connectivity index (χ2n) is 6.58. The van der Waals surface area contributed by atoms with Gasteiger partial charge in [-0.3, -0.25) is 4.79 Å². The molecule has 4 rings (SSSR count). The standard InChI is InChI=1S/C23H21NOS/c25-23(21-16-26-22-9-5-4-8-20(21)22)24-19-14-12-18(13-15-19)11-10-17-6-2-1-3-7-17/h1-3,6-7,10-16H,4-5,8-9H2,(H,24,25)/b11-10+. The number of fused-ring (bicyclic) bond motifs is 1. The molecule has 1 aliphatic rings. The van der Waals surface area contributed by atoms with Gasteiger partial charge in [-0.25, -0.2) is 0 Å². The molecule has 0 atom stereocenters. The van der Waals surface area contributed by atoms with Crippen molar-refractivity contribution in [1.29, 1.82) is 0 Å². The highest BCUT2D eigenvalue weighted by Crippen LogP contribution is 2.30. The Morgan fingerprint density at radius 1 is 0.885 bits per heavy atom. The molecule has 0 saturated carbocycles. The first-order valence-electron chi connectivity index (χ1n) is 9.03. The van der Waals surface area contributed by atoms with Crippen LogP contribution in [0.15, 0.2) is 60.0 Å². The summed E-state index contributed by atoms with van der Waals surface area (Å²) in [6.07, 6.45) is 8.75. The first kappa shape index (κ1) is 16.8. The Labute approximate surface area is 158 Å². The van der Waals surface area contributed by atoms with Crippen LogP contribution in [0.1, 0.15) is 44.8 Å². The van der Waals surface area contributed by atoms with Crippen molar-refractivity contribution in [3.63, 3.8) is 0 Å². The summed E-state index contributed by atoms with van der Waals surface area (Å²) in [5.41, 5.74) is 5.24. The van der Waals surface area contributed by atoms with E-state index in [2.05, 4.69) is 29.6 Å². The molecule has 1 aromatic heterocycles. The van der Waals surface area contributed by atoms with Crippen LogP contribution in [-0.2, 0) is 12.8 Å². The van der Waals surface area contributed by atoms with Crippen molar-refractivity contribution >= 4 is 35.1 Å². The highest BCUT2D eigenvalue weighted by Gasteiger charge is 2.20. The summed E-state index contributed by atoms with van der Waals surface area (Å²) in [5.74, 6) is 0.0111. The fourth-order valence-electron chi connectivity index (χ4n) is 3.32. The summed E-state index contributed by atoms with van der Waals surface area (Å²) in [7, 11) is 0. The molecule has 1 aliphatic carbocycles. The van der Waals surface area contributed by atoms with Gasteiger partial charge in [0.1, 0.15) is 0 Å². The van der Waals surface area contributed by atoms with Gasteiger partial charge in [-0.15, -0.1) is 11.3 Å². The maximum Gasteiger partial charge on any atom is 0.256 e. The van der Waals surface area contributed by atoms with E-state index < -0.39 is 0 Å². The largest absolute Gasteiger partial charge is 0.322 e. The summed E-state index contributed by atoms with van der Waals surface area (Å²) < 4.78 is 0. The Morgan fingerprint density at radius 2 is 1.58 bits per heavy atom. The van der Waals surface area contributed by atoms with Crippen LogP contribution < -0.4 is 5.32 Å². The van der Waals surface area contributed by atoms with Crippen LogP contribution in [0.3, 0.4) is 0 Å². The van der Waals surface area contributed by atoms with E-state index in [1.807, 2.05) is 47.8 Å². The Hall–Kier alpha value is -2.65. The average molecular weight is 359 g/mol. The van der Waals surface area contributed by atoms with Gasteiger partial charge in [0.2, 0.25) is 0 Å². The van der Waals surface area contributed by atoms with Gasteiger partial charge in [-0.1, -0.05) is 54.6 Å². The Balaban J connectivity index is 1.43. The molecular formula is C23H21NOS. The van der Waals surface area contributed by atoms with Crippen LogP contribution in [0.2, 0.25) is 0 Å². The predicted octanol–water partition coefficient (Wildman–Crippen LogP) is 6.05. The number of hydrogen-bond acceptors (Lipinski definition) is 2. The number of anilines is 1. The minimum absolute atomic E-state index is 0.0111. The monoisotopic (exact) mass is 359 g/mol. The van der Waals surface area contributed by atoms with E-state index in [-0.39, 0.29) is 5.91 Å². The molecule has 2 nitrogen and oxygen atoms in total. The van der Waals surface area contributed by atoms with Crippen molar-refractivity contribution < 1.29 is 4.79 Å². The van der Waals surface area contributed by atoms with Gasteiger partial charge < -0.3 is 5.32 Å². The Kier molecular flexibility index (Phi) is 4.98. The lowest BCUT2D eigenvalue weighted by Crippen LogP contribution is -2.14. The number of aryl methyl sites for hydroxylation is 1. The zero-order valence-corrected chi connectivity index (χ0v) is 15.4. The molecule has 0 bridgehead atoms. The van der Waals surface area contributed by atoms with Crippen molar-refractivity contribution in [3.8, 4) is 0 Å². The predicted molar refractivity (Wildman–Crippen MR) is 111 cm³/mol. The maximum atomic E-state index is 12.6. The third kappa shape index (κ3) is 3.78. The van der Waals surface area contributed by atoms with E-state index in [4.69, 9.17) is 0 Å². The molecule has 1 heterocycles. The lowest BCUT2D eigenvalue weighted by Gasteiger charge is -2.12. The molecule has 2 aromatic carbocycles. The third-order valence-electron chi connectivity index (χ3n) is 4.74. The fraction of sp³-hybridized carbons (Fsp3) is 0.174. The van der Waals surface area contributed by atoms with Gasteiger partial charge in [0.25, 0.3) is 5.91 Å². The number of hydrogen-bond donors (Lipinski definition) is 1. The zero-order chi connectivity index (χ0) is 17.8. The highest BCUT2D eigenvalue weighted by molar-refractivity contribution is 7.10. The van der Waals surface area contributed by atoms with Crippen molar-refractivity contribution in [2.24, 2.45) is 0 Å². The van der Waals surface area contributed by atoms with Gasteiger partial charge in [0, 0.05) is 15.9 Å². The summed E-state index contributed by atoms with van der Waals surface area (Å²) in [6, 6.07) is 18.2. The molecule has 3 heteroatoms. The van der Waals surface area contributed by atoms with E-state index in [0.717, 1.165) is 29.7 Å². The van der Waals surface area contributed by atoms with E-state index in [1.54, 1.807) is 11.3 Å². The summed E-state index contributed by atoms with van der Waals surface area (Å²) in [6.45, 7) is 0. The van der Waals surface area contributed by atoms with Crippen molar-refractivity contribution in [2.75, 3.05) is 5.32 Å². The first-order chi connectivity index (χ1) is 12.8. The number of carbonyl (C=O) groups is 1. The maximum absolute atomic E-state index is 12.6. The zero-order valence-electron chi connectivity index (χ0n) is 14.6. The lowest BCUT2D eigenvalue weighted by atomic mass is 9.95. The molecule has 0 unspecified atom stereocenters. The fourth-order valence-corrected chi connectivity index (χ4v) is 4.44. The van der Waals surface area contributed by atoms with Gasteiger partial charge in [0.05, 0.1) is 5.56 Å². The minimum Gasteiger partial charge on any atom is -0.322 e. The number of rotatable bonds is 4. The average Bonchev–Trinajstić information content (AvgIpc) is 3.12. The number of thiophene rings is 1. The molecule has 1 N–H and O–H groups in total. The molecule has 0 saturated heterocycles. The van der Waals surface area contributed by atoms with Crippen LogP contribution >= 0.6 is 11.3 Å². The van der Waals surface area contributed by atoms with Crippen molar-refractivity contribution in [2.45, 2.75) is 25.7 Å². The third-order valence-corrected chi connectivity index (χ3v) is 5.83. The van der Waals surface area contributed by atoms with E-state index in [9.17, 15) is 4.79 Å². The molecule has 3 aromatic rings. The molecule has 1 amide bonds. The Morgan fingerprint density at radius 3 is 2.35 bits per heavy atom. The summed E-state index contributed by atoms with van der Waals surface area (Å²) in [5, 5.41) is 5.06. The second-order valence-corrected chi connectivity index (χ2v) is 7.54. The number of nitrogens with one attached hydrogen (secondary N) is 1. The van der Waals surface area contributed by atoms with Crippen LogP contribution in [0.25, 0.3) is 12.2 Å². The van der Waals surface area contributed by atoms with Crippen molar-refractivity contribution in [3.05, 3.63) is 87.1 Å². The van der Waals surface area contributed by atoms with E-state index >= 15 is 0 Å². The van der Waals surface area contributed by atoms with Gasteiger partial charge >= 0.3 is 0 Å². The summed E-state index contributed by atoms with van der Waals surface area (Å²) >= 11 is 1.73. The van der Waals surface area contributed by atoms with Crippen molar-refractivity contribution in [1.82, 2.24) is 0 Å². The summed E-state index contributed by atoms with van der Waals surface area (Å²) in [4.78, 5) is 14.0. The SMILES string of the molecule is O=C(Nc1ccc(/C=C/c2ccccc2)cc1)c1csc2c1CCCC2. The molecule has 26 heavy (non-hydrogen) atoms. The van der Waals surface area contributed by atoms with Gasteiger partial charge in [0.15, 0.2) is 0 Å². The Bertz CT molecular complexity index is 923. The van der Waals surface area contributed by atoms with Crippen LogP contribution in [0.4, 0.5) is 5.69 Å². The molecule has 0 aliphatic heterocycles.